The monoisotopic (exact) mass is 401 g/mol. The molecule has 140 valence electrons. The minimum absolute atomic E-state index is 0.0733. The van der Waals surface area contributed by atoms with Gasteiger partial charge in [0.1, 0.15) is 11.3 Å². The first-order valence-electron chi connectivity index (χ1n) is 7.70. The molecule has 1 fully saturated rings. The van der Waals surface area contributed by atoms with Crippen molar-refractivity contribution in [2.75, 3.05) is 11.5 Å². The lowest BCUT2D eigenvalue weighted by Crippen LogP contribution is -2.43. The van der Waals surface area contributed by atoms with Gasteiger partial charge in [0.2, 0.25) is 5.91 Å². The topological polar surface area (TPSA) is 134 Å². The van der Waals surface area contributed by atoms with Crippen molar-refractivity contribution in [2.24, 2.45) is 0 Å². The van der Waals surface area contributed by atoms with Crippen molar-refractivity contribution in [1.29, 1.82) is 0 Å². The van der Waals surface area contributed by atoms with Crippen LogP contribution in [0.5, 0.6) is 5.75 Å². The molecule has 1 aliphatic heterocycles. The molecule has 0 bridgehead atoms. The molecule has 0 aliphatic carbocycles. The molecule has 3 rings (SSSR count). The number of carbonyl (C=O) groups is 1. The molecule has 8 nitrogen and oxygen atoms in total. The van der Waals surface area contributed by atoms with E-state index in [4.69, 9.17) is 16.0 Å². The predicted octanol–water partition coefficient (Wildman–Crippen LogP) is 0.277. The van der Waals surface area contributed by atoms with Crippen molar-refractivity contribution in [3.05, 3.63) is 38.7 Å². The Morgan fingerprint density at radius 1 is 1.38 bits per heavy atom. The third-order valence-electron chi connectivity index (χ3n) is 4.36. The molecule has 1 aromatic heterocycles. The Morgan fingerprint density at radius 2 is 2.08 bits per heavy atom. The van der Waals surface area contributed by atoms with Gasteiger partial charge in [0.05, 0.1) is 40.7 Å². The zero-order valence-electron chi connectivity index (χ0n) is 13.7. The molecule has 0 saturated carbocycles. The van der Waals surface area contributed by atoms with Gasteiger partial charge in [-0.1, -0.05) is 11.6 Å². The van der Waals surface area contributed by atoms with E-state index < -0.39 is 39.3 Å². The van der Waals surface area contributed by atoms with E-state index in [1.165, 1.54) is 12.1 Å². The van der Waals surface area contributed by atoms with Crippen LogP contribution < -0.4 is 10.9 Å². The maximum Gasteiger partial charge on any atom is 0.340 e. The van der Waals surface area contributed by atoms with Crippen molar-refractivity contribution < 1.29 is 27.8 Å². The molecule has 2 heterocycles. The molecule has 1 saturated heterocycles. The minimum Gasteiger partial charge on any atom is -0.506 e. The lowest BCUT2D eigenvalue weighted by Gasteiger charge is -2.15. The van der Waals surface area contributed by atoms with Crippen LogP contribution in [0.1, 0.15) is 11.1 Å². The number of benzene rings is 1. The molecule has 2 atom stereocenters. The first-order valence-corrected chi connectivity index (χ1v) is 9.90. The van der Waals surface area contributed by atoms with E-state index in [0.717, 1.165) is 0 Å². The Balaban J connectivity index is 1.88. The number of aliphatic hydroxyl groups is 1. The standard InChI is InChI=1S/C16H16ClNO7S/c1-7-8-2-10(17)12(19)4-14(8)25-16(22)9(7)3-15(21)18-11-5-26(23,24)6-13(11)20/h2,4,11,13,19-20H,3,5-6H2,1H3,(H,18,21)/t11-,13+/m1/s1. The Morgan fingerprint density at radius 3 is 2.69 bits per heavy atom. The van der Waals surface area contributed by atoms with Gasteiger partial charge in [-0.15, -0.1) is 0 Å². The number of sulfone groups is 1. The predicted molar refractivity (Wildman–Crippen MR) is 94.2 cm³/mol. The van der Waals surface area contributed by atoms with Crippen LogP contribution in [0.2, 0.25) is 5.02 Å². The van der Waals surface area contributed by atoms with E-state index in [-0.39, 0.29) is 34.1 Å². The van der Waals surface area contributed by atoms with Crippen LogP contribution in [-0.4, -0.2) is 48.2 Å². The van der Waals surface area contributed by atoms with Gasteiger partial charge in [0.15, 0.2) is 9.84 Å². The summed E-state index contributed by atoms with van der Waals surface area (Å²) in [4.78, 5) is 24.4. The average Bonchev–Trinajstić information content (AvgIpc) is 2.78. The number of aryl methyl sites for hydroxylation is 1. The minimum atomic E-state index is -3.40. The van der Waals surface area contributed by atoms with Gasteiger partial charge in [-0.05, 0) is 18.6 Å². The summed E-state index contributed by atoms with van der Waals surface area (Å²) in [5.74, 6) is -1.59. The van der Waals surface area contributed by atoms with Gasteiger partial charge < -0.3 is 19.9 Å². The van der Waals surface area contributed by atoms with Gasteiger partial charge in [0.25, 0.3) is 0 Å². The Bertz CT molecular complexity index is 1060. The number of halogens is 1. The smallest absolute Gasteiger partial charge is 0.340 e. The normalized spacial score (nSPS) is 21.8. The molecule has 1 aliphatic rings. The van der Waals surface area contributed by atoms with Crippen molar-refractivity contribution in [1.82, 2.24) is 5.32 Å². The largest absolute Gasteiger partial charge is 0.506 e. The SMILES string of the molecule is Cc1c(CC(=O)N[C@@H]2CS(=O)(=O)C[C@@H]2O)c(=O)oc2cc(O)c(Cl)cc12. The van der Waals surface area contributed by atoms with Crippen LogP contribution in [0.15, 0.2) is 21.3 Å². The summed E-state index contributed by atoms with van der Waals surface area (Å²) in [6.07, 6.45) is -1.52. The van der Waals surface area contributed by atoms with Crippen LogP contribution in [0, 0.1) is 6.92 Å². The highest BCUT2D eigenvalue weighted by molar-refractivity contribution is 7.91. The lowest BCUT2D eigenvalue weighted by molar-refractivity contribution is -0.121. The van der Waals surface area contributed by atoms with Crippen LogP contribution >= 0.6 is 11.6 Å². The van der Waals surface area contributed by atoms with E-state index in [2.05, 4.69) is 5.32 Å². The number of aliphatic hydroxyl groups excluding tert-OH is 1. The fourth-order valence-corrected chi connectivity index (χ4v) is 4.89. The highest BCUT2D eigenvalue weighted by atomic mass is 35.5. The summed E-state index contributed by atoms with van der Waals surface area (Å²) in [5.41, 5.74) is -0.0534. The molecule has 26 heavy (non-hydrogen) atoms. The molecule has 0 unspecified atom stereocenters. The summed E-state index contributed by atoms with van der Waals surface area (Å²) in [5, 5.41) is 22.3. The zero-order chi connectivity index (χ0) is 19.2. The second-order valence-corrected chi connectivity index (χ2v) is 8.85. The summed E-state index contributed by atoms with van der Waals surface area (Å²) in [7, 11) is -3.40. The van der Waals surface area contributed by atoms with Crippen molar-refractivity contribution in [3.63, 3.8) is 0 Å². The number of phenols is 1. The van der Waals surface area contributed by atoms with E-state index in [9.17, 15) is 28.2 Å². The third-order valence-corrected chi connectivity index (χ3v) is 6.38. The summed E-state index contributed by atoms with van der Waals surface area (Å²) < 4.78 is 28.1. The number of carbonyl (C=O) groups excluding carboxylic acids is 1. The zero-order valence-corrected chi connectivity index (χ0v) is 15.2. The number of amides is 1. The molecular formula is C16H16ClNO7S. The molecular weight excluding hydrogens is 386 g/mol. The fraction of sp³-hybridized carbons (Fsp3) is 0.375. The Hall–Kier alpha value is -2.10. The summed E-state index contributed by atoms with van der Waals surface area (Å²) >= 11 is 5.88. The summed E-state index contributed by atoms with van der Waals surface area (Å²) in [6.45, 7) is 1.62. The van der Waals surface area contributed by atoms with Crippen molar-refractivity contribution in [2.45, 2.75) is 25.5 Å². The van der Waals surface area contributed by atoms with Gasteiger partial charge in [-0.2, -0.15) is 0 Å². The van der Waals surface area contributed by atoms with E-state index in [0.29, 0.717) is 10.9 Å². The van der Waals surface area contributed by atoms with Crippen LogP contribution in [0.3, 0.4) is 0 Å². The van der Waals surface area contributed by atoms with Crippen molar-refractivity contribution >= 4 is 38.3 Å². The molecule has 0 spiro atoms. The molecule has 1 aromatic carbocycles. The molecule has 2 aromatic rings. The van der Waals surface area contributed by atoms with E-state index in [1.807, 2.05) is 0 Å². The molecule has 1 amide bonds. The summed E-state index contributed by atoms with van der Waals surface area (Å²) in [6, 6.07) is 1.74. The second kappa shape index (κ2) is 6.57. The van der Waals surface area contributed by atoms with Crippen LogP contribution in [0.25, 0.3) is 11.0 Å². The maximum atomic E-state index is 12.2. The van der Waals surface area contributed by atoms with Gasteiger partial charge in [-0.3, -0.25) is 4.79 Å². The van der Waals surface area contributed by atoms with Crippen LogP contribution in [-0.2, 0) is 21.1 Å². The lowest BCUT2D eigenvalue weighted by atomic mass is 10.0. The Kier molecular flexibility index (Phi) is 4.72. The van der Waals surface area contributed by atoms with Gasteiger partial charge >= 0.3 is 5.63 Å². The maximum absolute atomic E-state index is 12.2. The van der Waals surface area contributed by atoms with Crippen molar-refractivity contribution in [3.8, 4) is 5.75 Å². The number of nitrogens with one attached hydrogen (secondary N) is 1. The highest BCUT2D eigenvalue weighted by Gasteiger charge is 2.37. The van der Waals surface area contributed by atoms with Gasteiger partial charge in [-0.25, -0.2) is 13.2 Å². The van der Waals surface area contributed by atoms with E-state index >= 15 is 0 Å². The number of rotatable bonds is 3. The number of aromatic hydroxyl groups is 1. The highest BCUT2D eigenvalue weighted by Crippen LogP contribution is 2.30. The number of phenolic OH excluding ortho intramolecular Hbond substituents is 1. The second-order valence-electron chi connectivity index (χ2n) is 6.29. The quantitative estimate of drug-likeness (QED) is 0.628. The molecule has 3 N–H and O–H groups in total. The first-order chi connectivity index (χ1) is 12.1. The average molecular weight is 402 g/mol. The van der Waals surface area contributed by atoms with Gasteiger partial charge in [0, 0.05) is 11.5 Å². The van der Waals surface area contributed by atoms with E-state index in [1.54, 1.807) is 6.92 Å². The fourth-order valence-electron chi connectivity index (χ4n) is 2.99. The Labute approximate surface area is 153 Å². The third kappa shape index (κ3) is 3.55. The van der Waals surface area contributed by atoms with Crippen LogP contribution in [0.4, 0.5) is 0 Å². The molecule has 10 heteroatoms. The molecule has 0 radical (unpaired) electrons. The number of hydrogen-bond acceptors (Lipinski definition) is 7. The number of hydrogen-bond donors (Lipinski definition) is 3. The first kappa shape index (κ1) is 18.7. The number of fused-ring (bicyclic) bond motifs is 1.